The standard InChI is InChI=1S/C27H41NO4.C25H33NO3.C22H35NO3/c1-26-13-11-19(32-25(31)10-9-24(30)28-15-3-4-16-28)17-18(26)5-6-20-21-7-8-23(29)27(21,2)14-12-22(20)26;1-24-11-9-18(29-23(28)16-4-3-13-26-15-16)14-17(24)5-6-19-20-7-8-22(27)25(20,2)12-10-21(19)24;1-13(23)20(25)26-15-8-10-21(2)14(12-15)4-5-16-17-6-7-19(24)22(17,3)11-9-18(16)21/h18-22H,3-17H2,1-2H3;3-4,13,15,17-21H,5-12,14H2,1-2H3;13-18H,4-12,23H2,1-3H3/t;;13-,14?,15?,16?,17?,18?,21?,22?/m..1/s1. The average Bonchev–Trinajstić information content (AvgIpc) is 1.94. The van der Waals surface area contributed by atoms with Gasteiger partial charge in [-0.1, -0.05) is 41.5 Å². The Balaban J connectivity index is 0.000000128. The molecule has 22 atom stereocenters. The fraction of sp³-hybridized carbons (Fsp3) is 0.838. The minimum absolute atomic E-state index is 0.0147. The van der Waals surface area contributed by atoms with Gasteiger partial charge in [-0.3, -0.25) is 33.8 Å². The van der Waals surface area contributed by atoms with E-state index in [4.69, 9.17) is 19.9 Å². The van der Waals surface area contributed by atoms with Crippen LogP contribution in [0.1, 0.15) is 258 Å². The van der Waals surface area contributed by atoms with Crippen molar-refractivity contribution in [2.24, 2.45) is 109 Å². The molecule has 0 bridgehead atoms. The van der Waals surface area contributed by atoms with Crippen LogP contribution in [0.4, 0.5) is 0 Å². The Kier molecular flexibility index (Phi) is 17.8. The van der Waals surface area contributed by atoms with Crippen LogP contribution in [-0.4, -0.2) is 88.5 Å². The number of Topliss-reactive ketones (excluding diaryl/α,β-unsaturated/α-hetero) is 3. The lowest BCUT2D eigenvalue weighted by molar-refractivity contribution is -0.163. The van der Waals surface area contributed by atoms with Crippen LogP contribution in [0, 0.1) is 104 Å². The van der Waals surface area contributed by atoms with E-state index in [1.54, 1.807) is 31.5 Å². The number of ketones is 3. The van der Waals surface area contributed by atoms with E-state index >= 15 is 0 Å². The molecule has 87 heavy (non-hydrogen) atoms. The van der Waals surface area contributed by atoms with Gasteiger partial charge in [0.2, 0.25) is 5.91 Å². The number of fused-ring (bicyclic) bond motifs is 15. The van der Waals surface area contributed by atoms with E-state index in [1.807, 2.05) is 4.90 Å². The van der Waals surface area contributed by atoms with Gasteiger partial charge in [0.25, 0.3) is 0 Å². The maximum atomic E-state index is 12.6. The van der Waals surface area contributed by atoms with Crippen molar-refractivity contribution >= 4 is 41.2 Å². The molecule has 2 N–H and O–H groups in total. The van der Waals surface area contributed by atoms with Crippen molar-refractivity contribution in [2.45, 2.75) is 272 Å². The molecule has 1 aliphatic heterocycles. The van der Waals surface area contributed by atoms with Crippen LogP contribution in [0.2, 0.25) is 0 Å². The van der Waals surface area contributed by atoms with Gasteiger partial charge in [0, 0.05) is 67.4 Å². The highest BCUT2D eigenvalue weighted by Gasteiger charge is 2.64. The highest BCUT2D eigenvalue weighted by atomic mass is 16.6. The van der Waals surface area contributed by atoms with E-state index in [0.717, 1.165) is 171 Å². The van der Waals surface area contributed by atoms with E-state index in [0.29, 0.717) is 80.6 Å². The Bertz CT molecular complexity index is 2760. The molecule has 2 heterocycles. The first-order chi connectivity index (χ1) is 41.5. The van der Waals surface area contributed by atoms with Crippen LogP contribution in [-0.2, 0) is 43.0 Å². The largest absolute Gasteiger partial charge is 0.462 e. The van der Waals surface area contributed by atoms with Crippen LogP contribution in [0.5, 0.6) is 0 Å². The number of amides is 1. The van der Waals surface area contributed by atoms with Crippen molar-refractivity contribution in [1.82, 2.24) is 9.88 Å². The summed E-state index contributed by atoms with van der Waals surface area (Å²) < 4.78 is 17.4. The van der Waals surface area contributed by atoms with Crippen LogP contribution in [0.15, 0.2) is 24.5 Å². The molecule has 14 rings (SSSR count). The van der Waals surface area contributed by atoms with Crippen molar-refractivity contribution in [3.8, 4) is 0 Å². The minimum atomic E-state index is -0.532. The molecule has 13 nitrogen and oxygen atoms in total. The molecule has 1 saturated heterocycles. The van der Waals surface area contributed by atoms with Crippen LogP contribution < -0.4 is 5.73 Å². The van der Waals surface area contributed by atoms with E-state index < -0.39 is 6.04 Å². The van der Waals surface area contributed by atoms with Crippen LogP contribution in [0.3, 0.4) is 0 Å². The molecule has 12 aliphatic carbocycles. The van der Waals surface area contributed by atoms with Crippen molar-refractivity contribution in [3.63, 3.8) is 0 Å². The van der Waals surface area contributed by atoms with E-state index in [-0.39, 0.29) is 71.2 Å². The number of carbonyl (C=O) groups is 7. The number of rotatable bonds is 8. The summed E-state index contributed by atoms with van der Waals surface area (Å²) in [4.78, 5) is 92.7. The smallest absolute Gasteiger partial charge is 0.339 e. The van der Waals surface area contributed by atoms with Gasteiger partial charge in [-0.2, -0.15) is 0 Å². The molecule has 13 heteroatoms. The Morgan fingerprint density at radius 3 is 1.34 bits per heavy atom. The summed E-state index contributed by atoms with van der Waals surface area (Å²) in [6, 6.07) is 3.02. The Labute approximate surface area is 520 Å². The van der Waals surface area contributed by atoms with Gasteiger partial charge in [0.05, 0.1) is 12.0 Å². The third-order valence-corrected chi connectivity index (χ3v) is 29.1. The lowest BCUT2D eigenvalue weighted by Gasteiger charge is -2.60. The van der Waals surface area contributed by atoms with Gasteiger partial charge in [0.1, 0.15) is 41.7 Å². The summed E-state index contributed by atoms with van der Waals surface area (Å²) in [7, 11) is 0. The van der Waals surface area contributed by atoms with Gasteiger partial charge in [0.15, 0.2) is 0 Å². The quantitative estimate of drug-likeness (QED) is 0.192. The number of nitrogens with two attached hydrogens (primary N) is 1. The molecular weight excluding hydrogens is 1090 g/mol. The molecular formula is C74H109N3O10. The molecule has 12 saturated carbocycles. The third kappa shape index (κ3) is 11.5. The second-order valence-electron chi connectivity index (χ2n) is 32.9. The molecule has 21 unspecified atom stereocenters. The number of likely N-dealkylation sites (tertiary alicyclic amines) is 1. The second-order valence-corrected chi connectivity index (χ2v) is 32.9. The topological polar surface area (TPSA) is 189 Å². The number of carbonyl (C=O) groups excluding carboxylic acids is 7. The summed E-state index contributed by atoms with van der Waals surface area (Å²) in [5.74, 6) is 9.03. The predicted octanol–water partition coefficient (Wildman–Crippen LogP) is 14.0. The molecule has 1 aromatic rings. The molecule has 1 amide bonds. The van der Waals surface area contributed by atoms with Gasteiger partial charge >= 0.3 is 17.9 Å². The summed E-state index contributed by atoms with van der Waals surface area (Å²) in [6.45, 7) is 17.6. The number of ether oxygens (including phenoxy) is 3. The van der Waals surface area contributed by atoms with Crippen molar-refractivity contribution < 1.29 is 47.8 Å². The number of nitrogens with zero attached hydrogens (tertiary/aromatic N) is 2. The molecule has 0 aromatic carbocycles. The van der Waals surface area contributed by atoms with Crippen LogP contribution in [0.25, 0.3) is 0 Å². The molecule has 0 spiro atoms. The average molecular weight is 1200 g/mol. The fourth-order valence-corrected chi connectivity index (χ4v) is 23.8. The molecule has 480 valence electrons. The minimum Gasteiger partial charge on any atom is -0.462 e. The SMILES string of the molecule is CC12CCC3C(CCC4CC(OC(=O)CCC(=O)N5CCCC5)CCC43C)C1CCC2=O.CC12CCC3C(CCC4CC(OC(=O)c5cccnc5)CCC43C)C1CCC2=O.C[C@@H](N)C(=O)OC1CCC2(C)C(CCC3C4CCC(=O)C4(C)CCC32)C1. The number of hydrogen-bond donors (Lipinski definition) is 1. The van der Waals surface area contributed by atoms with Gasteiger partial charge in [-0.15, -0.1) is 0 Å². The number of pyridine rings is 1. The highest BCUT2D eigenvalue weighted by Crippen LogP contribution is 2.69. The second kappa shape index (κ2) is 24.6. The van der Waals surface area contributed by atoms with Crippen molar-refractivity contribution in [1.29, 1.82) is 0 Å². The normalized spacial score (nSPS) is 45.2. The van der Waals surface area contributed by atoms with Crippen molar-refractivity contribution in [3.05, 3.63) is 30.1 Å². The summed E-state index contributed by atoms with van der Waals surface area (Å²) >= 11 is 0. The Hall–Kier alpha value is -4.00. The zero-order valence-corrected chi connectivity index (χ0v) is 54.4. The lowest BCUT2D eigenvalue weighted by Crippen LogP contribution is -2.54. The molecule has 0 radical (unpaired) electrons. The zero-order valence-electron chi connectivity index (χ0n) is 54.4. The number of esters is 3. The Morgan fingerprint density at radius 1 is 0.529 bits per heavy atom. The molecule has 13 aliphatic rings. The van der Waals surface area contributed by atoms with E-state index in [9.17, 15) is 33.6 Å². The first kappa shape index (κ1) is 63.2. The monoisotopic (exact) mass is 1200 g/mol. The number of aromatic nitrogens is 1. The zero-order chi connectivity index (χ0) is 61.4. The summed E-state index contributed by atoms with van der Waals surface area (Å²) in [5.41, 5.74) is 7.11. The maximum Gasteiger partial charge on any atom is 0.339 e. The molecule has 13 fully saturated rings. The van der Waals surface area contributed by atoms with E-state index in [1.165, 1.54) is 57.8 Å². The Morgan fingerprint density at radius 2 is 0.943 bits per heavy atom. The fourth-order valence-electron chi connectivity index (χ4n) is 23.8. The van der Waals surface area contributed by atoms with Crippen molar-refractivity contribution in [2.75, 3.05) is 13.1 Å². The first-order valence-electron chi connectivity index (χ1n) is 35.6. The van der Waals surface area contributed by atoms with Crippen LogP contribution >= 0.6 is 0 Å². The van der Waals surface area contributed by atoms with Gasteiger partial charge in [-0.25, -0.2) is 4.79 Å². The van der Waals surface area contributed by atoms with Gasteiger partial charge in [-0.05, 0) is 273 Å². The van der Waals surface area contributed by atoms with Gasteiger partial charge < -0.3 is 24.8 Å². The highest BCUT2D eigenvalue weighted by molar-refractivity contribution is 5.89. The summed E-state index contributed by atoms with van der Waals surface area (Å²) in [5, 5.41) is 0. The summed E-state index contributed by atoms with van der Waals surface area (Å²) in [6.07, 6.45) is 35.3. The first-order valence-corrected chi connectivity index (χ1v) is 35.6. The maximum absolute atomic E-state index is 12.6. The third-order valence-electron chi connectivity index (χ3n) is 29.1. The predicted molar refractivity (Wildman–Crippen MR) is 332 cm³/mol. The lowest BCUT2D eigenvalue weighted by atomic mass is 9.45. The number of hydrogen-bond acceptors (Lipinski definition) is 12. The molecule has 1 aromatic heterocycles. The van der Waals surface area contributed by atoms with E-state index in [2.05, 4.69) is 46.5 Å².